The summed E-state index contributed by atoms with van der Waals surface area (Å²) in [6.07, 6.45) is 6.56. The number of anilines is 1. The van der Waals surface area contributed by atoms with Crippen molar-refractivity contribution in [2.45, 2.75) is 51.5 Å². The van der Waals surface area contributed by atoms with Crippen molar-refractivity contribution in [2.75, 3.05) is 18.0 Å². The smallest absolute Gasteiger partial charge is 0.250 e. The molecule has 144 valence electrons. The fourth-order valence-corrected chi connectivity index (χ4v) is 4.29. The highest BCUT2D eigenvalue weighted by atomic mass is 16.2. The van der Waals surface area contributed by atoms with Gasteiger partial charge in [0.05, 0.1) is 5.69 Å². The van der Waals surface area contributed by atoms with Gasteiger partial charge >= 0.3 is 0 Å². The summed E-state index contributed by atoms with van der Waals surface area (Å²) in [5, 5.41) is 15.5. The summed E-state index contributed by atoms with van der Waals surface area (Å²) in [6, 6.07) is 10.3. The third-order valence-electron chi connectivity index (χ3n) is 6.04. The number of nitrogens with one attached hydrogen (secondary N) is 1. The fraction of sp³-hybridized carbons (Fsp3) is 0.600. The van der Waals surface area contributed by atoms with Gasteiger partial charge < -0.3 is 10.2 Å². The minimum absolute atomic E-state index is 0.0939. The summed E-state index contributed by atoms with van der Waals surface area (Å²) in [6.45, 7) is 3.85. The van der Waals surface area contributed by atoms with Crippen LogP contribution in [0.3, 0.4) is 0 Å². The Morgan fingerprint density at radius 2 is 1.81 bits per heavy atom. The van der Waals surface area contributed by atoms with Crippen LogP contribution in [0.5, 0.6) is 0 Å². The average Bonchev–Trinajstić information content (AvgIpc) is 3.20. The zero-order valence-corrected chi connectivity index (χ0v) is 15.9. The standard InChI is InChI=1S/C20H28N6O/c1-15-7-5-6-10-18(15)21-19(27)16-11-13-25(14-12-16)20-22-23-24-26(20)17-8-3-2-4-9-17/h2-4,8-9,15-16,18H,5-7,10-14H2,1H3,(H,21,27)/t15-,18+/m1/s1. The van der Waals surface area contributed by atoms with E-state index in [1.54, 1.807) is 4.68 Å². The maximum Gasteiger partial charge on any atom is 0.250 e. The number of amides is 1. The Morgan fingerprint density at radius 1 is 1.07 bits per heavy atom. The molecule has 1 saturated carbocycles. The molecule has 2 fully saturated rings. The van der Waals surface area contributed by atoms with Crippen LogP contribution in [0.15, 0.2) is 30.3 Å². The second kappa shape index (κ2) is 8.06. The first-order valence-electron chi connectivity index (χ1n) is 10.1. The fourth-order valence-electron chi connectivity index (χ4n) is 4.29. The molecule has 0 bridgehead atoms. The van der Waals surface area contributed by atoms with Gasteiger partial charge in [-0.05, 0) is 54.2 Å². The van der Waals surface area contributed by atoms with E-state index in [0.717, 1.165) is 44.0 Å². The van der Waals surface area contributed by atoms with Crippen molar-refractivity contribution >= 4 is 11.9 Å². The quantitative estimate of drug-likeness (QED) is 0.898. The van der Waals surface area contributed by atoms with Crippen molar-refractivity contribution < 1.29 is 4.79 Å². The summed E-state index contributed by atoms with van der Waals surface area (Å²) >= 11 is 0. The van der Waals surface area contributed by atoms with Crippen LogP contribution in [-0.4, -0.2) is 45.2 Å². The molecular weight excluding hydrogens is 340 g/mol. The lowest BCUT2D eigenvalue weighted by molar-refractivity contribution is -0.126. The number of hydrogen-bond donors (Lipinski definition) is 1. The lowest BCUT2D eigenvalue weighted by Crippen LogP contribution is -2.47. The van der Waals surface area contributed by atoms with Crippen molar-refractivity contribution in [2.24, 2.45) is 11.8 Å². The number of hydrogen-bond acceptors (Lipinski definition) is 5. The van der Waals surface area contributed by atoms with Crippen molar-refractivity contribution in [3.05, 3.63) is 30.3 Å². The molecule has 1 saturated heterocycles. The zero-order valence-electron chi connectivity index (χ0n) is 15.9. The Hall–Kier alpha value is -2.44. The Morgan fingerprint density at radius 3 is 2.56 bits per heavy atom. The van der Waals surface area contributed by atoms with E-state index in [4.69, 9.17) is 0 Å². The van der Waals surface area contributed by atoms with Crippen LogP contribution >= 0.6 is 0 Å². The molecule has 7 nitrogen and oxygen atoms in total. The molecule has 1 amide bonds. The van der Waals surface area contributed by atoms with Crippen molar-refractivity contribution in [1.29, 1.82) is 0 Å². The highest BCUT2D eigenvalue weighted by Gasteiger charge is 2.30. The van der Waals surface area contributed by atoms with Gasteiger partial charge in [-0.3, -0.25) is 4.79 Å². The number of tetrazole rings is 1. The number of nitrogens with zero attached hydrogens (tertiary/aromatic N) is 5. The van der Waals surface area contributed by atoms with E-state index in [0.29, 0.717) is 12.0 Å². The predicted octanol–water partition coefficient (Wildman–Crippen LogP) is 2.57. The van der Waals surface area contributed by atoms with Gasteiger partial charge in [-0.25, -0.2) is 0 Å². The van der Waals surface area contributed by atoms with Crippen LogP contribution in [0.25, 0.3) is 5.69 Å². The minimum Gasteiger partial charge on any atom is -0.353 e. The number of carbonyl (C=O) groups is 1. The van der Waals surface area contributed by atoms with Gasteiger partial charge in [0.25, 0.3) is 0 Å². The van der Waals surface area contributed by atoms with E-state index >= 15 is 0 Å². The maximum absolute atomic E-state index is 12.7. The molecule has 0 unspecified atom stereocenters. The molecule has 0 spiro atoms. The Labute approximate surface area is 160 Å². The Bertz CT molecular complexity index is 753. The second-order valence-electron chi connectivity index (χ2n) is 7.86. The molecule has 27 heavy (non-hydrogen) atoms. The lowest BCUT2D eigenvalue weighted by Gasteiger charge is -2.34. The Kier molecular flexibility index (Phi) is 5.36. The molecule has 1 aliphatic carbocycles. The largest absolute Gasteiger partial charge is 0.353 e. The second-order valence-corrected chi connectivity index (χ2v) is 7.86. The summed E-state index contributed by atoms with van der Waals surface area (Å²) < 4.78 is 1.77. The Balaban J connectivity index is 1.36. The van der Waals surface area contributed by atoms with E-state index in [-0.39, 0.29) is 11.8 Å². The molecule has 4 rings (SSSR count). The summed E-state index contributed by atoms with van der Waals surface area (Å²) in [5.74, 6) is 1.67. The average molecular weight is 368 g/mol. The molecule has 2 atom stereocenters. The first-order chi connectivity index (χ1) is 13.2. The maximum atomic E-state index is 12.7. The van der Waals surface area contributed by atoms with E-state index in [1.807, 2.05) is 30.3 Å². The lowest BCUT2D eigenvalue weighted by atomic mass is 9.85. The van der Waals surface area contributed by atoms with Crippen molar-refractivity contribution in [1.82, 2.24) is 25.5 Å². The van der Waals surface area contributed by atoms with Gasteiger partial charge in [-0.15, -0.1) is 0 Å². The SMILES string of the molecule is C[C@@H]1CCCC[C@@H]1NC(=O)C1CCN(c2nnnn2-c2ccccc2)CC1. The molecule has 1 aliphatic heterocycles. The van der Waals surface area contributed by atoms with Crippen molar-refractivity contribution in [3.63, 3.8) is 0 Å². The van der Waals surface area contributed by atoms with Crippen LogP contribution in [0, 0.1) is 11.8 Å². The van der Waals surface area contributed by atoms with Crippen LogP contribution in [0.4, 0.5) is 5.95 Å². The van der Waals surface area contributed by atoms with Gasteiger partial charge in [0.15, 0.2) is 0 Å². The molecular formula is C20H28N6O. The van der Waals surface area contributed by atoms with Gasteiger partial charge in [0.2, 0.25) is 11.9 Å². The first-order valence-corrected chi connectivity index (χ1v) is 10.1. The third kappa shape index (κ3) is 3.96. The number of carbonyl (C=O) groups excluding carboxylic acids is 1. The molecule has 1 aromatic heterocycles. The molecule has 2 aromatic rings. The number of para-hydroxylation sites is 1. The number of benzene rings is 1. The van der Waals surface area contributed by atoms with Crippen LogP contribution in [-0.2, 0) is 4.79 Å². The molecule has 2 heterocycles. The molecule has 2 aliphatic rings. The van der Waals surface area contributed by atoms with E-state index in [2.05, 4.69) is 32.7 Å². The number of aromatic nitrogens is 4. The highest BCUT2D eigenvalue weighted by Crippen LogP contribution is 2.26. The molecule has 1 aromatic carbocycles. The van der Waals surface area contributed by atoms with Gasteiger partial charge in [-0.1, -0.05) is 43.1 Å². The topological polar surface area (TPSA) is 75.9 Å². The summed E-state index contributed by atoms with van der Waals surface area (Å²) in [7, 11) is 0. The van der Waals surface area contributed by atoms with Crippen LogP contribution in [0.1, 0.15) is 45.4 Å². The number of rotatable bonds is 4. The molecule has 1 N–H and O–H groups in total. The van der Waals surface area contributed by atoms with Crippen molar-refractivity contribution in [3.8, 4) is 5.69 Å². The summed E-state index contributed by atoms with van der Waals surface area (Å²) in [4.78, 5) is 14.9. The summed E-state index contributed by atoms with van der Waals surface area (Å²) in [5.41, 5.74) is 0.948. The monoisotopic (exact) mass is 368 g/mol. The van der Waals surface area contributed by atoms with Crippen LogP contribution < -0.4 is 10.2 Å². The molecule has 7 heteroatoms. The van der Waals surface area contributed by atoms with Crippen LogP contribution in [0.2, 0.25) is 0 Å². The highest BCUT2D eigenvalue weighted by molar-refractivity contribution is 5.79. The van der Waals surface area contributed by atoms with Gasteiger partial charge in [0, 0.05) is 25.0 Å². The predicted molar refractivity (Wildman–Crippen MR) is 104 cm³/mol. The normalized spacial score (nSPS) is 24.0. The van der Waals surface area contributed by atoms with E-state index in [1.165, 1.54) is 19.3 Å². The third-order valence-corrected chi connectivity index (χ3v) is 6.04. The molecule has 0 radical (unpaired) electrons. The van der Waals surface area contributed by atoms with Gasteiger partial charge in [-0.2, -0.15) is 4.68 Å². The van der Waals surface area contributed by atoms with Gasteiger partial charge in [0.1, 0.15) is 0 Å². The zero-order chi connectivity index (χ0) is 18.6. The first kappa shape index (κ1) is 17.9. The minimum atomic E-state index is 0.0939. The number of piperidine rings is 1. The van der Waals surface area contributed by atoms with E-state index < -0.39 is 0 Å². The van der Waals surface area contributed by atoms with E-state index in [9.17, 15) is 4.79 Å².